The van der Waals surface area contributed by atoms with Crippen molar-refractivity contribution in [2.45, 2.75) is 44.2 Å². The SMILES string of the molecule is COc1ccc(-c2ccc3c(c2)CNC3=O)c(OC2(C(=O)OCC3CCC3)CC2)c1OC. The van der Waals surface area contributed by atoms with Gasteiger partial charge in [0.15, 0.2) is 11.5 Å². The van der Waals surface area contributed by atoms with Gasteiger partial charge in [0.1, 0.15) is 0 Å². The second-order valence-corrected chi connectivity index (χ2v) is 8.72. The first kappa shape index (κ1) is 20.7. The van der Waals surface area contributed by atoms with Crippen LogP contribution in [0.4, 0.5) is 0 Å². The fourth-order valence-electron chi connectivity index (χ4n) is 4.27. The van der Waals surface area contributed by atoms with Crippen molar-refractivity contribution in [3.05, 3.63) is 41.5 Å². The van der Waals surface area contributed by atoms with Crippen LogP contribution < -0.4 is 19.5 Å². The summed E-state index contributed by atoms with van der Waals surface area (Å²) in [5.41, 5.74) is 2.24. The third kappa shape index (κ3) is 3.55. The van der Waals surface area contributed by atoms with Crippen LogP contribution >= 0.6 is 0 Å². The summed E-state index contributed by atoms with van der Waals surface area (Å²) in [6, 6.07) is 9.36. The molecule has 1 aliphatic heterocycles. The van der Waals surface area contributed by atoms with E-state index in [1.807, 2.05) is 30.3 Å². The van der Waals surface area contributed by atoms with Gasteiger partial charge in [-0.15, -0.1) is 0 Å². The van der Waals surface area contributed by atoms with Crippen molar-refractivity contribution in [3.63, 3.8) is 0 Å². The molecule has 0 radical (unpaired) electrons. The molecule has 5 rings (SSSR count). The van der Waals surface area contributed by atoms with Crippen molar-refractivity contribution in [1.29, 1.82) is 0 Å². The van der Waals surface area contributed by atoms with Gasteiger partial charge in [0.25, 0.3) is 5.91 Å². The number of benzene rings is 2. The number of ether oxygens (including phenoxy) is 4. The Bertz CT molecular complexity index is 1070. The van der Waals surface area contributed by atoms with Crippen LogP contribution in [0.5, 0.6) is 17.2 Å². The number of fused-ring (bicyclic) bond motifs is 1. The Morgan fingerprint density at radius 3 is 2.50 bits per heavy atom. The highest BCUT2D eigenvalue weighted by molar-refractivity contribution is 5.99. The van der Waals surface area contributed by atoms with Gasteiger partial charge in [0.05, 0.1) is 20.8 Å². The lowest BCUT2D eigenvalue weighted by Gasteiger charge is -2.26. The van der Waals surface area contributed by atoms with E-state index in [0.29, 0.717) is 54.7 Å². The maximum Gasteiger partial charge on any atom is 0.350 e. The van der Waals surface area contributed by atoms with Crippen LogP contribution in [0.1, 0.15) is 48.0 Å². The molecule has 3 aliphatic rings. The summed E-state index contributed by atoms with van der Waals surface area (Å²) < 4.78 is 23.1. The molecule has 2 fully saturated rings. The van der Waals surface area contributed by atoms with E-state index in [9.17, 15) is 9.59 Å². The van der Waals surface area contributed by atoms with E-state index in [-0.39, 0.29) is 11.9 Å². The van der Waals surface area contributed by atoms with Crippen molar-refractivity contribution in [1.82, 2.24) is 5.32 Å². The van der Waals surface area contributed by atoms with E-state index in [2.05, 4.69) is 5.32 Å². The van der Waals surface area contributed by atoms with Crippen LogP contribution in [0.2, 0.25) is 0 Å². The Morgan fingerprint density at radius 1 is 1.06 bits per heavy atom. The van der Waals surface area contributed by atoms with Gasteiger partial charge < -0.3 is 24.3 Å². The third-order valence-electron chi connectivity index (χ3n) is 6.65. The molecular formula is C25H27NO6. The highest BCUT2D eigenvalue weighted by atomic mass is 16.6. The van der Waals surface area contributed by atoms with E-state index in [1.165, 1.54) is 6.42 Å². The molecule has 168 valence electrons. The van der Waals surface area contributed by atoms with Crippen molar-refractivity contribution in [3.8, 4) is 28.4 Å². The Balaban J connectivity index is 1.49. The number of nitrogens with one attached hydrogen (secondary N) is 1. The molecule has 0 aromatic heterocycles. The van der Waals surface area contributed by atoms with Crippen LogP contribution in [0.3, 0.4) is 0 Å². The normalized spacial score (nSPS) is 18.2. The number of esters is 1. The van der Waals surface area contributed by atoms with Gasteiger partial charge in [0.2, 0.25) is 11.4 Å². The monoisotopic (exact) mass is 437 g/mol. The molecule has 0 spiro atoms. The van der Waals surface area contributed by atoms with E-state index < -0.39 is 5.60 Å². The zero-order chi connectivity index (χ0) is 22.3. The number of hydrogen-bond acceptors (Lipinski definition) is 6. The predicted octanol–water partition coefficient (Wildman–Crippen LogP) is 3.87. The molecule has 1 amide bonds. The van der Waals surface area contributed by atoms with Crippen molar-refractivity contribution in [2.75, 3.05) is 20.8 Å². The first-order valence-electron chi connectivity index (χ1n) is 11.1. The molecule has 32 heavy (non-hydrogen) atoms. The lowest BCUT2D eigenvalue weighted by molar-refractivity contribution is -0.156. The summed E-state index contributed by atoms with van der Waals surface area (Å²) >= 11 is 0. The van der Waals surface area contributed by atoms with Crippen LogP contribution in [0.15, 0.2) is 30.3 Å². The summed E-state index contributed by atoms with van der Waals surface area (Å²) in [5, 5.41) is 2.84. The molecule has 2 aromatic rings. The molecule has 0 unspecified atom stereocenters. The van der Waals surface area contributed by atoms with Crippen LogP contribution in [-0.4, -0.2) is 38.3 Å². The maximum atomic E-state index is 12.9. The molecule has 1 N–H and O–H groups in total. The van der Waals surface area contributed by atoms with Gasteiger partial charge in [-0.05, 0) is 54.2 Å². The molecule has 2 aliphatic carbocycles. The topological polar surface area (TPSA) is 83.1 Å². The lowest BCUT2D eigenvalue weighted by Crippen LogP contribution is -2.34. The minimum Gasteiger partial charge on any atom is -0.493 e. The van der Waals surface area contributed by atoms with Gasteiger partial charge in [-0.2, -0.15) is 0 Å². The Morgan fingerprint density at radius 2 is 1.84 bits per heavy atom. The highest BCUT2D eigenvalue weighted by Crippen LogP contribution is 2.51. The number of hydrogen-bond donors (Lipinski definition) is 1. The van der Waals surface area contributed by atoms with Gasteiger partial charge >= 0.3 is 5.97 Å². The van der Waals surface area contributed by atoms with Crippen LogP contribution in [0, 0.1) is 5.92 Å². The standard InChI is InChI=1S/C25H27NO6/c1-29-20-9-8-18(16-6-7-19-17(12-16)13-26-23(19)27)21(22(20)30-2)32-25(10-11-25)24(28)31-14-15-4-3-5-15/h6-9,12,15H,3-5,10-11,13-14H2,1-2H3,(H,26,27). The first-order chi connectivity index (χ1) is 15.5. The Kier molecular flexibility index (Phi) is 5.19. The lowest BCUT2D eigenvalue weighted by atomic mass is 9.86. The fourth-order valence-corrected chi connectivity index (χ4v) is 4.27. The van der Waals surface area contributed by atoms with E-state index in [4.69, 9.17) is 18.9 Å². The van der Waals surface area contributed by atoms with Crippen molar-refractivity contribution in [2.24, 2.45) is 5.92 Å². The van der Waals surface area contributed by atoms with Crippen molar-refractivity contribution < 1.29 is 28.5 Å². The third-order valence-corrected chi connectivity index (χ3v) is 6.65. The van der Waals surface area contributed by atoms with Gasteiger partial charge in [0, 0.05) is 30.5 Å². The van der Waals surface area contributed by atoms with E-state index in [0.717, 1.165) is 29.5 Å². The summed E-state index contributed by atoms with van der Waals surface area (Å²) in [4.78, 5) is 24.8. The van der Waals surface area contributed by atoms with Gasteiger partial charge in [-0.1, -0.05) is 12.5 Å². The number of amides is 1. The molecule has 0 bridgehead atoms. The van der Waals surface area contributed by atoms with Gasteiger partial charge in [-0.25, -0.2) is 4.79 Å². The molecular weight excluding hydrogens is 410 g/mol. The Hall–Kier alpha value is -3.22. The maximum absolute atomic E-state index is 12.9. The minimum absolute atomic E-state index is 0.0681. The number of rotatable bonds is 8. The minimum atomic E-state index is -0.994. The average molecular weight is 437 g/mol. The zero-order valence-electron chi connectivity index (χ0n) is 18.4. The summed E-state index contributed by atoms with van der Waals surface area (Å²) in [5.74, 6) is 1.48. The largest absolute Gasteiger partial charge is 0.493 e. The smallest absolute Gasteiger partial charge is 0.350 e. The quantitative estimate of drug-likeness (QED) is 0.632. The average Bonchev–Trinajstić information content (AvgIpc) is 3.47. The summed E-state index contributed by atoms with van der Waals surface area (Å²) in [6.07, 6.45) is 4.63. The second-order valence-electron chi connectivity index (χ2n) is 8.72. The fraction of sp³-hybridized carbons (Fsp3) is 0.440. The molecule has 0 saturated heterocycles. The van der Waals surface area contributed by atoms with Crippen LogP contribution in [-0.2, 0) is 16.1 Å². The molecule has 7 nitrogen and oxygen atoms in total. The molecule has 1 heterocycles. The second kappa shape index (κ2) is 8.04. The summed E-state index contributed by atoms with van der Waals surface area (Å²) in [6.45, 7) is 0.945. The molecule has 7 heteroatoms. The van der Waals surface area contributed by atoms with Crippen molar-refractivity contribution >= 4 is 11.9 Å². The first-order valence-corrected chi connectivity index (χ1v) is 11.1. The van der Waals surface area contributed by atoms with E-state index in [1.54, 1.807) is 14.2 Å². The van der Waals surface area contributed by atoms with Crippen LogP contribution in [0.25, 0.3) is 11.1 Å². The number of methoxy groups -OCH3 is 2. The highest BCUT2D eigenvalue weighted by Gasteiger charge is 2.55. The van der Waals surface area contributed by atoms with E-state index >= 15 is 0 Å². The number of carbonyl (C=O) groups excluding carboxylic acids is 2. The molecule has 2 aromatic carbocycles. The predicted molar refractivity (Wildman–Crippen MR) is 117 cm³/mol. The summed E-state index contributed by atoms with van der Waals surface area (Å²) in [7, 11) is 3.11. The Labute approximate surface area is 187 Å². The molecule has 2 saturated carbocycles. The zero-order valence-corrected chi connectivity index (χ0v) is 18.4. The number of carbonyl (C=O) groups is 2. The molecule has 0 atom stereocenters. The van der Waals surface area contributed by atoms with Gasteiger partial charge in [-0.3, -0.25) is 4.79 Å².